The van der Waals surface area contributed by atoms with E-state index in [1.54, 1.807) is 0 Å². The molecule has 0 N–H and O–H groups in total. The van der Waals surface area contributed by atoms with Crippen molar-refractivity contribution in [3.05, 3.63) is 28.3 Å². The summed E-state index contributed by atoms with van der Waals surface area (Å²) in [4.78, 5) is 34.3. The zero-order valence-corrected chi connectivity index (χ0v) is 9.58. The van der Waals surface area contributed by atoms with E-state index in [2.05, 4.69) is 0 Å². The summed E-state index contributed by atoms with van der Waals surface area (Å²) >= 11 is 0. The van der Waals surface area contributed by atoms with Crippen LogP contribution in [0.25, 0.3) is 0 Å². The van der Waals surface area contributed by atoms with E-state index in [0.717, 1.165) is 4.90 Å². The fourth-order valence-corrected chi connectivity index (χ4v) is 1.81. The molecule has 1 aromatic carbocycles. The average molecular weight is 250 g/mol. The van der Waals surface area contributed by atoms with Gasteiger partial charge in [0.2, 0.25) is 11.8 Å². The highest BCUT2D eigenvalue weighted by molar-refractivity contribution is 6.20. The number of carbonyl (C=O) groups is 2. The number of nitro benzene ring substituents is 1. The molecule has 0 radical (unpaired) electrons. The first-order valence-electron chi connectivity index (χ1n) is 5.23. The maximum absolute atomic E-state index is 11.6. The van der Waals surface area contributed by atoms with Crippen molar-refractivity contribution in [3.63, 3.8) is 0 Å². The Hall–Kier alpha value is -2.44. The Kier molecular flexibility index (Phi) is 2.97. The van der Waals surface area contributed by atoms with Gasteiger partial charge in [-0.05, 0) is 6.07 Å². The maximum Gasteiger partial charge on any atom is 0.271 e. The number of imide groups is 1. The van der Waals surface area contributed by atoms with E-state index >= 15 is 0 Å². The van der Waals surface area contributed by atoms with E-state index in [1.807, 2.05) is 0 Å². The molecule has 0 saturated carbocycles. The third-order valence-corrected chi connectivity index (χ3v) is 2.67. The van der Waals surface area contributed by atoms with Gasteiger partial charge < -0.3 is 4.74 Å². The highest BCUT2D eigenvalue weighted by Gasteiger charge is 2.33. The maximum atomic E-state index is 11.6. The summed E-state index contributed by atoms with van der Waals surface area (Å²) in [7, 11) is 1.37. The van der Waals surface area contributed by atoms with Gasteiger partial charge in [-0.1, -0.05) is 0 Å². The molecule has 7 heteroatoms. The minimum Gasteiger partial charge on any atom is -0.495 e. The number of non-ortho nitro benzene ring substituents is 1. The predicted octanol–water partition coefficient (Wildman–Crippen LogP) is 1.26. The van der Waals surface area contributed by atoms with E-state index in [-0.39, 0.29) is 41.8 Å². The van der Waals surface area contributed by atoms with Crippen LogP contribution in [0.5, 0.6) is 5.75 Å². The van der Waals surface area contributed by atoms with Crippen molar-refractivity contribution < 1.29 is 19.2 Å². The number of nitrogens with zero attached hydrogens (tertiary/aromatic N) is 2. The molecule has 0 spiro atoms. The summed E-state index contributed by atoms with van der Waals surface area (Å²) in [6.07, 6.45) is 0.232. The SMILES string of the molecule is COc1ccc([N+](=O)[O-])cc1N1C(=O)CCC1=O. The number of methoxy groups -OCH3 is 1. The molecule has 1 saturated heterocycles. The smallest absolute Gasteiger partial charge is 0.271 e. The van der Waals surface area contributed by atoms with Crippen molar-refractivity contribution in [1.29, 1.82) is 0 Å². The highest BCUT2D eigenvalue weighted by atomic mass is 16.6. The van der Waals surface area contributed by atoms with Gasteiger partial charge in [-0.15, -0.1) is 0 Å². The van der Waals surface area contributed by atoms with Crippen LogP contribution in [-0.4, -0.2) is 23.8 Å². The molecular formula is C11H10N2O5. The van der Waals surface area contributed by atoms with Crippen molar-refractivity contribution in [3.8, 4) is 5.75 Å². The van der Waals surface area contributed by atoms with E-state index in [0.29, 0.717) is 0 Å². The quantitative estimate of drug-likeness (QED) is 0.457. The normalized spacial score (nSPS) is 15.1. The molecule has 2 rings (SSSR count). The molecule has 2 amide bonds. The van der Waals surface area contributed by atoms with Crippen molar-refractivity contribution in [2.24, 2.45) is 0 Å². The number of nitro groups is 1. The molecule has 7 nitrogen and oxygen atoms in total. The van der Waals surface area contributed by atoms with E-state index in [1.165, 1.54) is 25.3 Å². The fourth-order valence-electron chi connectivity index (χ4n) is 1.81. The number of anilines is 1. The lowest BCUT2D eigenvalue weighted by molar-refractivity contribution is -0.384. The molecule has 0 aromatic heterocycles. The zero-order chi connectivity index (χ0) is 13.3. The van der Waals surface area contributed by atoms with Gasteiger partial charge in [0.1, 0.15) is 11.4 Å². The van der Waals surface area contributed by atoms with Crippen LogP contribution in [0.3, 0.4) is 0 Å². The van der Waals surface area contributed by atoms with Crippen molar-refractivity contribution in [2.75, 3.05) is 12.0 Å². The second-order valence-electron chi connectivity index (χ2n) is 3.74. The Morgan fingerprint density at radius 2 is 1.89 bits per heavy atom. The summed E-state index contributed by atoms with van der Waals surface area (Å²) in [6, 6.07) is 3.79. The van der Waals surface area contributed by atoms with Crippen LogP contribution in [0.2, 0.25) is 0 Å². The zero-order valence-electron chi connectivity index (χ0n) is 9.58. The van der Waals surface area contributed by atoms with Crippen LogP contribution < -0.4 is 9.64 Å². The number of hydrogen-bond acceptors (Lipinski definition) is 5. The summed E-state index contributed by atoms with van der Waals surface area (Å²) in [5, 5.41) is 10.7. The van der Waals surface area contributed by atoms with Crippen molar-refractivity contribution in [2.45, 2.75) is 12.8 Å². The summed E-state index contributed by atoms with van der Waals surface area (Å²) in [5.41, 5.74) is -0.0718. The Bertz CT molecular complexity index is 524. The van der Waals surface area contributed by atoms with Gasteiger partial charge in [0.25, 0.3) is 5.69 Å². The summed E-state index contributed by atoms with van der Waals surface area (Å²) < 4.78 is 5.02. The summed E-state index contributed by atoms with van der Waals surface area (Å²) in [5.74, 6) is -0.498. The van der Waals surface area contributed by atoms with Gasteiger partial charge in [-0.2, -0.15) is 0 Å². The second-order valence-corrected chi connectivity index (χ2v) is 3.74. The topological polar surface area (TPSA) is 89.8 Å². The number of carbonyl (C=O) groups excluding carboxylic acids is 2. The molecule has 0 atom stereocenters. The number of rotatable bonds is 3. The van der Waals surface area contributed by atoms with Crippen LogP contribution in [0.4, 0.5) is 11.4 Å². The van der Waals surface area contributed by atoms with Crippen molar-refractivity contribution in [1.82, 2.24) is 0 Å². The number of amides is 2. The molecular weight excluding hydrogens is 240 g/mol. The van der Waals surface area contributed by atoms with Crippen LogP contribution in [0.15, 0.2) is 18.2 Å². The Morgan fingerprint density at radius 3 is 2.39 bits per heavy atom. The van der Waals surface area contributed by atoms with Crippen LogP contribution in [-0.2, 0) is 9.59 Å². The largest absolute Gasteiger partial charge is 0.495 e. The molecule has 1 fully saturated rings. The molecule has 0 aliphatic carbocycles. The summed E-state index contributed by atoms with van der Waals surface area (Å²) in [6.45, 7) is 0. The average Bonchev–Trinajstić information content (AvgIpc) is 2.68. The van der Waals surface area contributed by atoms with Gasteiger partial charge >= 0.3 is 0 Å². The molecule has 0 unspecified atom stereocenters. The molecule has 1 aromatic rings. The van der Waals surface area contributed by atoms with Gasteiger partial charge in [0.05, 0.1) is 12.0 Å². The fraction of sp³-hybridized carbons (Fsp3) is 0.273. The molecule has 0 bridgehead atoms. The Balaban J connectivity index is 2.53. The Labute approximate surface area is 102 Å². The number of benzene rings is 1. The standard InChI is InChI=1S/C11H10N2O5/c1-18-9-3-2-7(13(16)17)6-8(9)12-10(14)4-5-11(12)15/h2-3,6H,4-5H2,1H3. The predicted molar refractivity (Wildman–Crippen MR) is 61.4 cm³/mol. The van der Waals surface area contributed by atoms with Gasteiger partial charge in [-0.3, -0.25) is 19.7 Å². The van der Waals surface area contributed by atoms with Crippen LogP contribution in [0.1, 0.15) is 12.8 Å². The van der Waals surface area contributed by atoms with E-state index in [9.17, 15) is 19.7 Å². The van der Waals surface area contributed by atoms with E-state index in [4.69, 9.17) is 4.74 Å². The van der Waals surface area contributed by atoms with Crippen molar-refractivity contribution >= 4 is 23.2 Å². The monoisotopic (exact) mass is 250 g/mol. The third-order valence-electron chi connectivity index (χ3n) is 2.67. The molecule has 1 aliphatic rings. The second kappa shape index (κ2) is 4.44. The number of hydrogen-bond donors (Lipinski definition) is 0. The molecule has 94 valence electrons. The molecule has 1 aliphatic heterocycles. The first-order valence-corrected chi connectivity index (χ1v) is 5.23. The third kappa shape index (κ3) is 1.90. The number of ether oxygens (including phenoxy) is 1. The first kappa shape index (κ1) is 12.0. The molecule has 1 heterocycles. The minimum atomic E-state index is -0.589. The Morgan fingerprint density at radius 1 is 1.28 bits per heavy atom. The van der Waals surface area contributed by atoms with Gasteiger partial charge in [0, 0.05) is 25.0 Å². The van der Waals surface area contributed by atoms with E-state index < -0.39 is 4.92 Å². The lowest BCUT2D eigenvalue weighted by Gasteiger charge is -2.16. The first-order chi connectivity index (χ1) is 8.54. The lowest BCUT2D eigenvalue weighted by Crippen LogP contribution is -2.29. The van der Waals surface area contributed by atoms with Gasteiger partial charge in [0.15, 0.2) is 0 Å². The van der Waals surface area contributed by atoms with Gasteiger partial charge in [-0.25, -0.2) is 4.90 Å². The van der Waals surface area contributed by atoms with Crippen LogP contribution >= 0.6 is 0 Å². The van der Waals surface area contributed by atoms with Crippen LogP contribution in [0, 0.1) is 10.1 Å². The minimum absolute atomic E-state index is 0.116. The highest BCUT2D eigenvalue weighted by Crippen LogP contribution is 2.34. The lowest BCUT2D eigenvalue weighted by atomic mass is 10.2. The molecule has 18 heavy (non-hydrogen) atoms.